The number of halogens is 2. The molecule has 0 saturated heterocycles. The first kappa shape index (κ1) is 12.4. The first-order chi connectivity index (χ1) is 8.09. The zero-order chi connectivity index (χ0) is 12.4. The number of thioether (sulfide) groups is 1. The van der Waals surface area contributed by atoms with Gasteiger partial charge < -0.3 is 10.7 Å². The van der Waals surface area contributed by atoms with Gasteiger partial charge in [-0.15, -0.1) is 0 Å². The molecule has 0 aliphatic carbocycles. The van der Waals surface area contributed by atoms with Gasteiger partial charge >= 0.3 is 0 Å². The Kier molecular flexibility index (Phi) is 3.66. The number of benzene rings is 1. The zero-order valence-electron chi connectivity index (χ0n) is 8.54. The minimum atomic E-state index is -0.469. The summed E-state index contributed by atoms with van der Waals surface area (Å²) in [6.07, 6.45) is 3.45. The fourth-order valence-electron chi connectivity index (χ4n) is 1.46. The third-order valence-corrected chi connectivity index (χ3v) is 3.74. The van der Waals surface area contributed by atoms with E-state index < -0.39 is 5.24 Å². The molecule has 0 fully saturated rings. The summed E-state index contributed by atoms with van der Waals surface area (Å²) in [6, 6.07) is 5.35. The summed E-state index contributed by atoms with van der Waals surface area (Å²) in [5, 5.41) is 0.462. The zero-order valence-corrected chi connectivity index (χ0v) is 10.9. The smallest absolute Gasteiger partial charge is 0.281 e. The number of primary amides is 1. The lowest BCUT2D eigenvalue weighted by Crippen LogP contribution is -2.01. The van der Waals surface area contributed by atoms with Gasteiger partial charge in [-0.1, -0.05) is 35.3 Å². The lowest BCUT2D eigenvalue weighted by atomic mass is 10.1. The van der Waals surface area contributed by atoms with E-state index >= 15 is 0 Å². The third-order valence-electron chi connectivity index (χ3n) is 2.16. The first-order valence-corrected chi connectivity index (χ1v) is 6.25. The van der Waals surface area contributed by atoms with E-state index in [4.69, 9.17) is 28.9 Å². The van der Waals surface area contributed by atoms with Gasteiger partial charge in [0, 0.05) is 28.4 Å². The molecule has 0 spiro atoms. The molecule has 17 heavy (non-hydrogen) atoms. The molecule has 0 bridgehead atoms. The Bertz CT molecular complexity index is 568. The molecule has 0 radical (unpaired) electrons. The highest BCUT2D eigenvalue weighted by molar-refractivity contribution is 8.13. The third kappa shape index (κ3) is 2.60. The highest BCUT2D eigenvalue weighted by Crippen LogP contribution is 2.38. The second-order valence-electron chi connectivity index (χ2n) is 3.26. The molecule has 1 amide bonds. The van der Waals surface area contributed by atoms with Crippen molar-refractivity contribution in [2.75, 3.05) is 0 Å². The summed E-state index contributed by atoms with van der Waals surface area (Å²) in [5.41, 5.74) is 6.72. The molecule has 1 heterocycles. The highest BCUT2D eigenvalue weighted by Gasteiger charge is 2.13. The summed E-state index contributed by atoms with van der Waals surface area (Å²) in [7, 11) is 0. The number of amides is 1. The number of carbonyl (C=O) groups excluding carboxylic acids is 1. The summed E-state index contributed by atoms with van der Waals surface area (Å²) in [5.74, 6) is 0. The maximum Gasteiger partial charge on any atom is 0.281 e. The van der Waals surface area contributed by atoms with E-state index in [0.717, 1.165) is 27.8 Å². The van der Waals surface area contributed by atoms with Crippen molar-refractivity contribution in [2.45, 2.75) is 4.90 Å². The normalized spacial score (nSPS) is 10.5. The largest absolute Gasteiger partial charge is 0.366 e. The van der Waals surface area contributed by atoms with Crippen LogP contribution >= 0.6 is 35.0 Å². The van der Waals surface area contributed by atoms with E-state index in [1.165, 1.54) is 0 Å². The average Bonchev–Trinajstić information content (AvgIpc) is 2.69. The maximum atomic E-state index is 10.9. The topological polar surface area (TPSA) is 58.9 Å². The van der Waals surface area contributed by atoms with Crippen LogP contribution in [-0.2, 0) is 0 Å². The standard InChI is InChI=1S/C11H8Cl2N2OS/c12-8-3-1-2-6(10(8)13)7-4-15-5-9(7)17-11(14)16/h1-5,15H,(H2,14,16). The molecule has 0 unspecified atom stereocenters. The van der Waals surface area contributed by atoms with Crippen molar-refractivity contribution in [3.63, 3.8) is 0 Å². The van der Waals surface area contributed by atoms with Crippen LogP contribution in [0, 0.1) is 0 Å². The SMILES string of the molecule is NC(=O)Sc1c[nH]cc1-c1cccc(Cl)c1Cl. The van der Waals surface area contributed by atoms with Gasteiger partial charge in [0.25, 0.3) is 5.24 Å². The van der Waals surface area contributed by atoms with Crippen LogP contribution in [0.2, 0.25) is 10.0 Å². The van der Waals surface area contributed by atoms with Crippen LogP contribution in [0.5, 0.6) is 0 Å². The molecule has 2 rings (SSSR count). The molecule has 3 nitrogen and oxygen atoms in total. The van der Waals surface area contributed by atoms with E-state index in [-0.39, 0.29) is 0 Å². The average molecular weight is 287 g/mol. The molecule has 0 saturated carbocycles. The van der Waals surface area contributed by atoms with Gasteiger partial charge in [0.05, 0.1) is 10.0 Å². The van der Waals surface area contributed by atoms with Gasteiger partial charge in [0.1, 0.15) is 0 Å². The fourth-order valence-corrected chi connectivity index (χ4v) is 2.49. The van der Waals surface area contributed by atoms with Crippen molar-refractivity contribution >= 4 is 40.2 Å². The Morgan fingerprint density at radius 2 is 2.00 bits per heavy atom. The van der Waals surface area contributed by atoms with E-state index in [0.29, 0.717) is 10.0 Å². The van der Waals surface area contributed by atoms with Crippen LogP contribution in [0.25, 0.3) is 11.1 Å². The van der Waals surface area contributed by atoms with E-state index in [2.05, 4.69) is 4.98 Å². The van der Waals surface area contributed by atoms with Crippen molar-refractivity contribution in [3.05, 3.63) is 40.6 Å². The molecule has 6 heteroatoms. The molecule has 1 aromatic carbocycles. The molecule has 0 aliphatic rings. The van der Waals surface area contributed by atoms with Gasteiger partial charge in [-0.05, 0) is 17.8 Å². The monoisotopic (exact) mass is 286 g/mol. The number of aromatic amines is 1. The maximum absolute atomic E-state index is 10.9. The van der Waals surface area contributed by atoms with E-state index in [9.17, 15) is 4.79 Å². The quantitative estimate of drug-likeness (QED) is 0.815. The van der Waals surface area contributed by atoms with E-state index in [1.54, 1.807) is 24.5 Å². The van der Waals surface area contributed by atoms with Crippen LogP contribution in [0.4, 0.5) is 4.79 Å². The number of rotatable bonds is 2. The number of hydrogen-bond donors (Lipinski definition) is 2. The number of nitrogens with two attached hydrogens (primary N) is 1. The van der Waals surface area contributed by atoms with Crippen molar-refractivity contribution in [1.29, 1.82) is 0 Å². The number of hydrogen-bond acceptors (Lipinski definition) is 2. The van der Waals surface area contributed by atoms with Gasteiger partial charge in [-0.25, -0.2) is 0 Å². The lowest BCUT2D eigenvalue weighted by molar-refractivity contribution is 0.267. The van der Waals surface area contributed by atoms with Gasteiger partial charge in [0.2, 0.25) is 0 Å². The summed E-state index contributed by atoms with van der Waals surface area (Å²) >= 11 is 13.0. The van der Waals surface area contributed by atoms with Gasteiger partial charge in [-0.2, -0.15) is 0 Å². The van der Waals surface area contributed by atoms with Crippen LogP contribution in [0.1, 0.15) is 0 Å². The number of aromatic nitrogens is 1. The molecule has 0 aliphatic heterocycles. The predicted molar refractivity (Wildman–Crippen MR) is 71.7 cm³/mol. The second kappa shape index (κ2) is 5.04. The molecular formula is C11H8Cl2N2OS. The number of H-pyrrole nitrogens is 1. The number of carbonyl (C=O) groups is 1. The minimum absolute atomic E-state index is 0.458. The summed E-state index contributed by atoms with van der Waals surface area (Å²) < 4.78 is 0. The molecule has 2 aromatic rings. The minimum Gasteiger partial charge on any atom is -0.366 e. The molecule has 3 N–H and O–H groups in total. The van der Waals surface area contributed by atoms with Gasteiger partial charge in [-0.3, -0.25) is 4.79 Å². The Morgan fingerprint density at radius 3 is 2.71 bits per heavy atom. The Balaban J connectivity index is 2.50. The Labute approximate surface area is 112 Å². The van der Waals surface area contributed by atoms with Gasteiger partial charge in [0.15, 0.2) is 0 Å². The summed E-state index contributed by atoms with van der Waals surface area (Å²) in [4.78, 5) is 14.6. The first-order valence-electron chi connectivity index (χ1n) is 4.68. The predicted octanol–water partition coefficient (Wildman–Crippen LogP) is 4.16. The number of nitrogens with one attached hydrogen (secondary N) is 1. The fraction of sp³-hybridized carbons (Fsp3) is 0. The van der Waals surface area contributed by atoms with Crippen molar-refractivity contribution in [1.82, 2.24) is 4.98 Å². The second-order valence-corrected chi connectivity index (χ2v) is 5.09. The Morgan fingerprint density at radius 1 is 1.24 bits per heavy atom. The van der Waals surface area contributed by atoms with E-state index in [1.807, 2.05) is 6.07 Å². The van der Waals surface area contributed by atoms with Crippen LogP contribution in [0.3, 0.4) is 0 Å². The molecule has 1 aromatic heterocycles. The van der Waals surface area contributed by atoms with Crippen molar-refractivity contribution in [2.24, 2.45) is 5.73 Å². The Hall–Kier alpha value is -1.10. The lowest BCUT2D eigenvalue weighted by Gasteiger charge is -2.05. The molecule has 88 valence electrons. The van der Waals surface area contributed by atoms with Crippen molar-refractivity contribution in [3.8, 4) is 11.1 Å². The molecule has 0 atom stereocenters. The summed E-state index contributed by atoms with van der Waals surface area (Å²) in [6.45, 7) is 0. The van der Waals surface area contributed by atoms with Crippen molar-refractivity contribution < 1.29 is 4.79 Å². The highest BCUT2D eigenvalue weighted by atomic mass is 35.5. The molecular weight excluding hydrogens is 279 g/mol. The van der Waals surface area contributed by atoms with Crippen LogP contribution < -0.4 is 5.73 Å². The van der Waals surface area contributed by atoms with Crippen LogP contribution in [0.15, 0.2) is 35.5 Å². The van der Waals surface area contributed by atoms with Crippen LogP contribution in [-0.4, -0.2) is 10.2 Å².